The van der Waals surface area contributed by atoms with Gasteiger partial charge in [-0.05, 0) is 43.9 Å². The lowest BCUT2D eigenvalue weighted by molar-refractivity contribution is 0.270. The molecule has 1 aromatic rings. The van der Waals surface area contributed by atoms with Crippen LogP contribution in [0.2, 0.25) is 0 Å². The van der Waals surface area contributed by atoms with E-state index < -0.39 is 10.2 Å². The summed E-state index contributed by atoms with van der Waals surface area (Å²) >= 11 is 0. The molecule has 1 aliphatic heterocycles. The van der Waals surface area contributed by atoms with Gasteiger partial charge in [0.2, 0.25) is 0 Å². The summed E-state index contributed by atoms with van der Waals surface area (Å²) < 4.78 is 28.8. The minimum absolute atomic E-state index is 0.00208. The van der Waals surface area contributed by atoms with Crippen molar-refractivity contribution < 1.29 is 13.5 Å². The Labute approximate surface area is 120 Å². The van der Waals surface area contributed by atoms with Crippen molar-refractivity contribution in [3.8, 4) is 5.75 Å². The molecule has 1 fully saturated rings. The number of piperidine rings is 1. The van der Waals surface area contributed by atoms with Crippen LogP contribution in [0.15, 0.2) is 18.2 Å². The molecule has 1 aromatic carbocycles. The van der Waals surface area contributed by atoms with Crippen molar-refractivity contribution in [3.63, 3.8) is 0 Å². The van der Waals surface area contributed by atoms with Crippen LogP contribution in [0, 0.1) is 0 Å². The Kier molecular flexibility index (Phi) is 4.55. The van der Waals surface area contributed by atoms with Crippen LogP contribution in [-0.2, 0) is 16.6 Å². The van der Waals surface area contributed by atoms with E-state index in [-0.39, 0.29) is 17.5 Å². The molecule has 0 aliphatic carbocycles. The SMILES string of the molecule is CCc1ccc(O)c(NS(=O)(=O)N2CCCCC2C)c1. The van der Waals surface area contributed by atoms with Gasteiger partial charge in [0.25, 0.3) is 0 Å². The standard InChI is InChI=1S/C14H22N2O3S/c1-3-12-7-8-14(17)13(10-12)15-20(18,19)16-9-5-4-6-11(16)2/h7-8,10-11,15,17H,3-6,9H2,1-2H3. The second-order valence-corrected chi connectivity index (χ2v) is 6.89. The zero-order chi connectivity index (χ0) is 14.8. The molecule has 1 unspecified atom stereocenters. The second kappa shape index (κ2) is 6.01. The number of phenolic OH excluding ortho intramolecular Hbond substituents is 1. The van der Waals surface area contributed by atoms with Gasteiger partial charge in [-0.15, -0.1) is 0 Å². The van der Waals surface area contributed by atoms with E-state index in [4.69, 9.17) is 0 Å². The molecule has 1 atom stereocenters. The quantitative estimate of drug-likeness (QED) is 0.839. The van der Waals surface area contributed by atoms with E-state index in [1.807, 2.05) is 13.8 Å². The number of hydrogen-bond acceptors (Lipinski definition) is 3. The molecule has 0 radical (unpaired) electrons. The first-order chi connectivity index (χ1) is 9.44. The van der Waals surface area contributed by atoms with E-state index in [0.29, 0.717) is 6.54 Å². The van der Waals surface area contributed by atoms with Crippen molar-refractivity contribution in [1.82, 2.24) is 4.31 Å². The van der Waals surface area contributed by atoms with E-state index in [0.717, 1.165) is 31.2 Å². The van der Waals surface area contributed by atoms with Crippen molar-refractivity contribution in [2.45, 2.75) is 45.6 Å². The summed E-state index contributed by atoms with van der Waals surface area (Å²) in [7, 11) is -3.61. The van der Waals surface area contributed by atoms with Gasteiger partial charge in [-0.3, -0.25) is 4.72 Å². The van der Waals surface area contributed by atoms with Crippen LogP contribution in [0.4, 0.5) is 5.69 Å². The average Bonchev–Trinajstić information content (AvgIpc) is 2.41. The molecule has 0 saturated carbocycles. The molecule has 5 nitrogen and oxygen atoms in total. The van der Waals surface area contributed by atoms with Gasteiger partial charge in [0.15, 0.2) is 0 Å². The van der Waals surface area contributed by atoms with Crippen molar-refractivity contribution in [3.05, 3.63) is 23.8 Å². The highest BCUT2D eigenvalue weighted by molar-refractivity contribution is 7.90. The molecule has 6 heteroatoms. The van der Waals surface area contributed by atoms with Crippen LogP contribution in [0.3, 0.4) is 0 Å². The van der Waals surface area contributed by atoms with Crippen LogP contribution < -0.4 is 4.72 Å². The van der Waals surface area contributed by atoms with Gasteiger partial charge >= 0.3 is 10.2 Å². The van der Waals surface area contributed by atoms with E-state index in [2.05, 4.69) is 4.72 Å². The van der Waals surface area contributed by atoms with Gasteiger partial charge < -0.3 is 5.11 Å². The van der Waals surface area contributed by atoms with Crippen LogP contribution in [0.1, 0.15) is 38.7 Å². The second-order valence-electron chi connectivity index (χ2n) is 5.27. The number of phenols is 1. The summed E-state index contributed by atoms with van der Waals surface area (Å²) in [4.78, 5) is 0. The monoisotopic (exact) mass is 298 g/mol. The van der Waals surface area contributed by atoms with Crippen LogP contribution in [0.25, 0.3) is 0 Å². The Morgan fingerprint density at radius 2 is 2.15 bits per heavy atom. The zero-order valence-electron chi connectivity index (χ0n) is 12.0. The predicted molar refractivity (Wildman–Crippen MR) is 80.0 cm³/mol. The zero-order valence-corrected chi connectivity index (χ0v) is 12.8. The number of rotatable bonds is 4. The van der Waals surface area contributed by atoms with Gasteiger partial charge in [0.1, 0.15) is 5.75 Å². The Balaban J connectivity index is 2.23. The summed E-state index contributed by atoms with van der Waals surface area (Å²) in [6.07, 6.45) is 3.60. The molecule has 2 N–H and O–H groups in total. The average molecular weight is 298 g/mol. The number of anilines is 1. The molecular formula is C14H22N2O3S. The third kappa shape index (κ3) is 3.24. The fourth-order valence-electron chi connectivity index (χ4n) is 2.51. The Hall–Kier alpha value is -1.27. The first kappa shape index (κ1) is 15.1. The smallest absolute Gasteiger partial charge is 0.302 e. The fourth-order valence-corrected chi connectivity index (χ4v) is 4.02. The highest BCUT2D eigenvalue weighted by Crippen LogP contribution is 2.28. The van der Waals surface area contributed by atoms with Gasteiger partial charge in [-0.25, -0.2) is 0 Å². The highest BCUT2D eigenvalue weighted by atomic mass is 32.2. The Morgan fingerprint density at radius 3 is 2.80 bits per heavy atom. The molecule has 0 aromatic heterocycles. The minimum atomic E-state index is -3.61. The van der Waals surface area contributed by atoms with Gasteiger partial charge in [-0.2, -0.15) is 12.7 Å². The molecule has 20 heavy (non-hydrogen) atoms. The summed E-state index contributed by atoms with van der Waals surface area (Å²) in [5, 5.41) is 9.81. The number of aromatic hydroxyl groups is 1. The molecule has 0 spiro atoms. The molecule has 1 saturated heterocycles. The molecule has 0 bridgehead atoms. The van der Waals surface area contributed by atoms with E-state index in [1.165, 1.54) is 10.4 Å². The lowest BCUT2D eigenvalue weighted by Gasteiger charge is -2.32. The molecule has 1 aliphatic rings. The molecule has 2 rings (SSSR count). The Bertz CT molecular complexity index is 572. The minimum Gasteiger partial charge on any atom is -0.506 e. The number of nitrogens with zero attached hydrogens (tertiary/aromatic N) is 1. The van der Waals surface area contributed by atoms with Crippen LogP contribution in [-0.4, -0.2) is 30.4 Å². The molecule has 112 valence electrons. The summed E-state index contributed by atoms with van der Waals surface area (Å²) in [6.45, 7) is 4.43. The first-order valence-corrected chi connectivity index (χ1v) is 8.49. The van der Waals surface area contributed by atoms with Crippen molar-refractivity contribution in [2.75, 3.05) is 11.3 Å². The predicted octanol–water partition coefficient (Wildman–Crippen LogP) is 2.49. The summed E-state index contributed by atoms with van der Waals surface area (Å²) in [5.41, 5.74) is 1.23. The van der Waals surface area contributed by atoms with Gasteiger partial charge in [-0.1, -0.05) is 19.4 Å². The normalized spacial score (nSPS) is 20.8. The largest absolute Gasteiger partial charge is 0.506 e. The van der Waals surface area contributed by atoms with E-state index in [1.54, 1.807) is 12.1 Å². The maximum Gasteiger partial charge on any atom is 0.302 e. The lowest BCUT2D eigenvalue weighted by atomic mass is 10.1. The van der Waals surface area contributed by atoms with Crippen LogP contribution in [0.5, 0.6) is 5.75 Å². The topological polar surface area (TPSA) is 69.6 Å². The third-order valence-corrected chi connectivity index (χ3v) is 5.40. The molecule has 1 heterocycles. The van der Waals surface area contributed by atoms with Gasteiger partial charge in [0, 0.05) is 12.6 Å². The summed E-state index contributed by atoms with van der Waals surface area (Å²) in [5.74, 6) is -0.0459. The summed E-state index contributed by atoms with van der Waals surface area (Å²) in [6, 6.07) is 4.99. The molecular weight excluding hydrogens is 276 g/mol. The fraction of sp³-hybridized carbons (Fsp3) is 0.571. The van der Waals surface area contributed by atoms with Crippen LogP contribution >= 0.6 is 0 Å². The highest BCUT2D eigenvalue weighted by Gasteiger charge is 2.29. The Morgan fingerprint density at radius 1 is 1.40 bits per heavy atom. The van der Waals surface area contributed by atoms with Crippen molar-refractivity contribution in [1.29, 1.82) is 0 Å². The van der Waals surface area contributed by atoms with E-state index >= 15 is 0 Å². The third-order valence-electron chi connectivity index (χ3n) is 3.76. The van der Waals surface area contributed by atoms with Crippen molar-refractivity contribution in [2.24, 2.45) is 0 Å². The maximum absolute atomic E-state index is 12.4. The number of hydrogen-bond donors (Lipinski definition) is 2. The lowest BCUT2D eigenvalue weighted by Crippen LogP contribution is -2.44. The van der Waals surface area contributed by atoms with Crippen molar-refractivity contribution >= 4 is 15.9 Å². The number of nitrogens with one attached hydrogen (secondary N) is 1. The number of aryl methyl sites for hydroxylation is 1. The number of benzene rings is 1. The first-order valence-electron chi connectivity index (χ1n) is 7.05. The maximum atomic E-state index is 12.4. The molecule has 0 amide bonds. The van der Waals surface area contributed by atoms with E-state index in [9.17, 15) is 13.5 Å². The van der Waals surface area contributed by atoms with Gasteiger partial charge in [0.05, 0.1) is 5.69 Å².